The number of nitrogens with zero attached hydrogens (tertiary/aromatic N) is 2. The molecule has 0 aliphatic rings. The minimum Gasteiger partial charge on any atom is -0.465 e. The number of amides is 2. The number of hydrogen-bond acceptors (Lipinski definition) is 3. The van der Waals surface area contributed by atoms with Gasteiger partial charge in [0.25, 0.3) is 5.91 Å². The molecule has 0 unspecified atom stereocenters. The van der Waals surface area contributed by atoms with Gasteiger partial charge in [0.15, 0.2) is 0 Å². The van der Waals surface area contributed by atoms with Crippen LogP contribution >= 0.6 is 0 Å². The summed E-state index contributed by atoms with van der Waals surface area (Å²) in [6.45, 7) is 7.09. The molecule has 0 heterocycles. The molecule has 0 radical (unpaired) electrons. The molecule has 2 aromatic carbocycles. The fourth-order valence-corrected chi connectivity index (χ4v) is 3.26. The van der Waals surface area contributed by atoms with Crippen LogP contribution in [0.5, 0.6) is 0 Å². The van der Waals surface area contributed by atoms with Crippen LogP contribution in [0.4, 0.5) is 4.79 Å². The van der Waals surface area contributed by atoms with Gasteiger partial charge in [-0.25, -0.2) is 4.79 Å². The maximum atomic E-state index is 12.7. The van der Waals surface area contributed by atoms with E-state index in [1.54, 1.807) is 11.9 Å². The highest BCUT2D eigenvalue weighted by molar-refractivity contribution is 5.98. The van der Waals surface area contributed by atoms with Gasteiger partial charge in [-0.2, -0.15) is 0 Å². The zero-order valence-corrected chi connectivity index (χ0v) is 17.2. The number of carbonyl (C=O) groups is 2. The lowest BCUT2D eigenvalue weighted by molar-refractivity contribution is 0.0772. The van der Waals surface area contributed by atoms with E-state index < -0.39 is 11.6 Å². The highest BCUT2D eigenvalue weighted by atomic mass is 16.4. The summed E-state index contributed by atoms with van der Waals surface area (Å²) in [4.78, 5) is 27.2. The van der Waals surface area contributed by atoms with Crippen molar-refractivity contribution in [3.05, 3.63) is 47.5 Å². The van der Waals surface area contributed by atoms with Gasteiger partial charge >= 0.3 is 6.09 Å². The van der Waals surface area contributed by atoms with Crippen molar-refractivity contribution in [2.45, 2.75) is 39.2 Å². The van der Waals surface area contributed by atoms with Crippen LogP contribution in [-0.4, -0.2) is 59.1 Å². The third-order valence-electron chi connectivity index (χ3n) is 4.85. The molecule has 2 rings (SSSR count). The first kappa shape index (κ1) is 21.7. The van der Waals surface area contributed by atoms with Gasteiger partial charge < -0.3 is 20.6 Å². The predicted octanol–water partition coefficient (Wildman–Crippen LogP) is 3.58. The van der Waals surface area contributed by atoms with Crippen molar-refractivity contribution in [1.29, 1.82) is 0 Å². The molecular formula is C22H31N3O3. The number of benzene rings is 2. The average molecular weight is 386 g/mol. The Hall–Kier alpha value is -2.60. The van der Waals surface area contributed by atoms with Gasteiger partial charge in [0.1, 0.15) is 0 Å². The molecule has 0 aliphatic carbocycles. The Morgan fingerprint density at radius 1 is 1.04 bits per heavy atom. The molecule has 0 aliphatic heterocycles. The van der Waals surface area contributed by atoms with Crippen molar-refractivity contribution in [1.82, 2.24) is 9.80 Å². The zero-order valence-electron chi connectivity index (χ0n) is 17.2. The van der Waals surface area contributed by atoms with Crippen LogP contribution in [0, 0.1) is 0 Å². The minimum atomic E-state index is -0.940. The first-order valence-electron chi connectivity index (χ1n) is 9.62. The lowest BCUT2D eigenvalue weighted by Crippen LogP contribution is -2.46. The zero-order chi connectivity index (χ0) is 20.9. The SMILES string of the molecule is CN(CCCN(C(=O)O)C(C)(C)C)C(=O)c1ccc2cc(CCN)ccc2c1. The summed E-state index contributed by atoms with van der Waals surface area (Å²) in [5.74, 6) is -0.0643. The molecule has 0 spiro atoms. The first-order valence-corrected chi connectivity index (χ1v) is 9.62. The van der Waals surface area contributed by atoms with Crippen molar-refractivity contribution in [2.24, 2.45) is 5.73 Å². The number of hydrogen-bond donors (Lipinski definition) is 2. The third-order valence-corrected chi connectivity index (χ3v) is 4.85. The topological polar surface area (TPSA) is 86.9 Å². The van der Waals surface area contributed by atoms with E-state index in [0.29, 0.717) is 31.6 Å². The molecule has 6 heteroatoms. The van der Waals surface area contributed by atoms with Crippen LogP contribution < -0.4 is 5.73 Å². The molecule has 3 N–H and O–H groups in total. The molecule has 28 heavy (non-hydrogen) atoms. The normalized spacial score (nSPS) is 11.5. The lowest BCUT2D eigenvalue weighted by atomic mass is 10.0. The number of carbonyl (C=O) groups excluding carboxylic acids is 1. The molecule has 2 amide bonds. The summed E-state index contributed by atoms with van der Waals surface area (Å²) in [5.41, 5.74) is 6.97. The van der Waals surface area contributed by atoms with Crippen molar-refractivity contribution in [2.75, 3.05) is 26.7 Å². The van der Waals surface area contributed by atoms with Crippen molar-refractivity contribution in [3.63, 3.8) is 0 Å². The van der Waals surface area contributed by atoms with Gasteiger partial charge in [0.05, 0.1) is 0 Å². The van der Waals surface area contributed by atoms with Crippen LogP contribution in [-0.2, 0) is 6.42 Å². The highest BCUT2D eigenvalue weighted by Gasteiger charge is 2.25. The molecular weight excluding hydrogens is 354 g/mol. The Kier molecular flexibility index (Phi) is 7.02. The summed E-state index contributed by atoms with van der Waals surface area (Å²) in [7, 11) is 1.75. The van der Waals surface area contributed by atoms with E-state index in [0.717, 1.165) is 17.2 Å². The van der Waals surface area contributed by atoms with Crippen LogP contribution in [0.15, 0.2) is 36.4 Å². The average Bonchev–Trinajstić information content (AvgIpc) is 2.62. The van der Waals surface area contributed by atoms with Gasteiger partial charge in [0, 0.05) is 31.2 Å². The summed E-state index contributed by atoms with van der Waals surface area (Å²) >= 11 is 0. The monoisotopic (exact) mass is 385 g/mol. The standard InChI is InChI=1S/C22H31N3O3/c1-22(2,3)25(21(27)28)13-5-12-24(4)20(26)19-9-8-17-14-16(10-11-23)6-7-18(17)15-19/h6-9,14-15H,5,10-13,23H2,1-4H3,(H,27,28). The molecule has 0 bridgehead atoms. The molecule has 6 nitrogen and oxygen atoms in total. The first-order chi connectivity index (χ1) is 13.1. The van der Waals surface area contributed by atoms with E-state index in [9.17, 15) is 14.7 Å². The van der Waals surface area contributed by atoms with Crippen LogP contribution in [0.1, 0.15) is 43.1 Å². The molecule has 2 aromatic rings. The quantitative estimate of drug-likeness (QED) is 0.763. The lowest BCUT2D eigenvalue weighted by Gasteiger charge is -2.33. The highest BCUT2D eigenvalue weighted by Crippen LogP contribution is 2.19. The Labute approximate surface area is 166 Å². The van der Waals surface area contributed by atoms with Gasteiger partial charge in [-0.15, -0.1) is 0 Å². The molecule has 0 atom stereocenters. The van der Waals surface area contributed by atoms with Gasteiger partial charge in [-0.05, 0) is 68.6 Å². The van der Waals surface area contributed by atoms with Crippen molar-refractivity contribution in [3.8, 4) is 0 Å². The second kappa shape index (κ2) is 9.06. The van der Waals surface area contributed by atoms with Crippen LogP contribution in [0.2, 0.25) is 0 Å². The van der Waals surface area contributed by atoms with Crippen LogP contribution in [0.3, 0.4) is 0 Å². The second-order valence-corrected chi connectivity index (χ2v) is 8.12. The second-order valence-electron chi connectivity index (χ2n) is 8.12. The molecule has 0 saturated carbocycles. The molecule has 152 valence electrons. The van der Waals surface area contributed by atoms with E-state index in [2.05, 4.69) is 6.07 Å². The minimum absolute atomic E-state index is 0.0643. The van der Waals surface area contributed by atoms with Crippen molar-refractivity contribution < 1.29 is 14.7 Å². The maximum Gasteiger partial charge on any atom is 0.407 e. The number of carboxylic acid groups (broad SMARTS) is 1. The van der Waals surface area contributed by atoms with Gasteiger partial charge in [-0.3, -0.25) is 4.79 Å². The van der Waals surface area contributed by atoms with Gasteiger partial charge in [-0.1, -0.05) is 24.3 Å². The summed E-state index contributed by atoms with van der Waals surface area (Å²) in [6, 6.07) is 11.9. The Morgan fingerprint density at radius 3 is 2.29 bits per heavy atom. The molecule has 0 aromatic heterocycles. The number of nitrogens with two attached hydrogens (primary N) is 1. The fraction of sp³-hybridized carbons (Fsp3) is 0.455. The van der Waals surface area contributed by atoms with E-state index in [1.165, 1.54) is 10.5 Å². The van der Waals surface area contributed by atoms with E-state index >= 15 is 0 Å². The number of rotatable bonds is 7. The molecule has 0 fully saturated rings. The molecule has 0 saturated heterocycles. The van der Waals surface area contributed by atoms with E-state index in [4.69, 9.17) is 5.73 Å². The number of fused-ring (bicyclic) bond motifs is 1. The largest absolute Gasteiger partial charge is 0.465 e. The fourth-order valence-electron chi connectivity index (χ4n) is 3.26. The van der Waals surface area contributed by atoms with Crippen molar-refractivity contribution >= 4 is 22.8 Å². The van der Waals surface area contributed by atoms with E-state index in [-0.39, 0.29) is 5.91 Å². The third kappa shape index (κ3) is 5.45. The smallest absolute Gasteiger partial charge is 0.407 e. The maximum absolute atomic E-state index is 12.7. The van der Waals surface area contributed by atoms with Crippen LogP contribution in [0.25, 0.3) is 10.8 Å². The Bertz CT molecular complexity index is 843. The van der Waals surface area contributed by atoms with E-state index in [1.807, 2.05) is 51.1 Å². The Balaban J connectivity index is 2.02. The summed E-state index contributed by atoms with van der Waals surface area (Å²) in [6.07, 6.45) is 0.480. The summed E-state index contributed by atoms with van der Waals surface area (Å²) in [5, 5.41) is 11.5. The Morgan fingerprint density at radius 2 is 1.68 bits per heavy atom. The van der Waals surface area contributed by atoms with Gasteiger partial charge in [0.2, 0.25) is 0 Å². The predicted molar refractivity (Wildman–Crippen MR) is 113 cm³/mol. The summed E-state index contributed by atoms with van der Waals surface area (Å²) < 4.78 is 0.